The zero-order valence-corrected chi connectivity index (χ0v) is 19.2. The van der Waals surface area contributed by atoms with E-state index in [4.69, 9.17) is 0 Å². The molecule has 0 aliphatic rings. The van der Waals surface area contributed by atoms with Crippen LogP contribution in [-0.2, 0) is 22.6 Å². The van der Waals surface area contributed by atoms with Gasteiger partial charge in [-0.2, -0.15) is 0 Å². The van der Waals surface area contributed by atoms with Crippen LogP contribution in [0.2, 0.25) is 0 Å². The second-order valence-electron chi connectivity index (χ2n) is 7.76. The number of nitrogens with zero attached hydrogens (tertiary/aromatic N) is 2. The van der Waals surface area contributed by atoms with Gasteiger partial charge in [-0.1, -0.05) is 36.4 Å². The maximum atomic E-state index is 12.4. The maximum Gasteiger partial charge on any atom is 0.238 e. The summed E-state index contributed by atoms with van der Waals surface area (Å²) >= 11 is 1.46. The smallest absolute Gasteiger partial charge is 0.238 e. The Hall–Kier alpha value is -3.03. The molecule has 31 heavy (non-hydrogen) atoms. The summed E-state index contributed by atoms with van der Waals surface area (Å²) in [6.07, 6.45) is 0.232. The number of anilines is 2. The zero-order chi connectivity index (χ0) is 22.4. The first-order chi connectivity index (χ1) is 14.8. The van der Waals surface area contributed by atoms with E-state index in [0.29, 0.717) is 6.54 Å². The van der Waals surface area contributed by atoms with Gasteiger partial charge in [0.2, 0.25) is 11.8 Å². The van der Waals surface area contributed by atoms with Gasteiger partial charge in [0, 0.05) is 23.3 Å². The Morgan fingerprint density at radius 3 is 2.32 bits per heavy atom. The maximum absolute atomic E-state index is 12.4. The Bertz CT molecular complexity index is 1060. The second kappa shape index (κ2) is 10.3. The predicted molar refractivity (Wildman–Crippen MR) is 127 cm³/mol. The third kappa shape index (κ3) is 6.47. The lowest BCUT2D eigenvalue weighted by molar-refractivity contribution is -0.117. The van der Waals surface area contributed by atoms with Gasteiger partial charge in [-0.05, 0) is 50.6 Å². The molecule has 0 aliphatic carbocycles. The van der Waals surface area contributed by atoms with Crippen molar-refractivity contribution >= 4 is 34.5 Å². The van der Waals surface area contributed by atoms with E-state index in [9.17, 15) is 9.59 Å². The van der Waals surface area contributed by atoms with Crippen LogP contribution in [0, 0.1) is 20.8 Å². The Morgan fingerprint density at radius 2 is 1.61 bits per heavy atom. The highest BCUT2D eigenvalue weighted by Crippen LogP contribution is 2.19. The number of carbonyl (C=O) groups is 2. The monoisotopic (exact) mass is 436 g/mol. The summed E-state index contributed by atoms with van der Waals surface area (Å²) in [7, 11) is 1.88. The number of hydrogen-bond donors (Lipinski definition) is 2. The van der Waals surface area contributed by atoms with Gasteiger partial charge in [-0.15, -0.1) is 11.3 Å². The van der Waals surface area contributed by atoms with Crippen LogP contribution < -0.4 is 10.6 Å². The summed E-state index contributed by atoms with van der Waals surface area (Å²) in [6.45, 7) is 6.73. The van der Waals surface area contributed by atoms with Crippen LogP contribution in [0.3, 0.4) is 0 Å². The minimum absolute atomic E-state index is 0.0621. The summed E-state index contributed by atoms with van der Waals surface area (Å²) in [6, 6.07) is 13.6. The average molecular weight is 437 g/mol. The largest absolute Gasteiger partial charge is 0.325 e. The molecule has 1 heterocycles. The first-order valence-corrected chi connectivity index (χ1v) is 11.0. The van der Waals surface area contributed by atoms with E-state index in [1.54, 1.807) is 0 Å². The summed E-state index contributed by atoms with van der Waals surface area (Å²) in [5, 5.41) is 8.63. The SMILES string of the molecule is Cc1ccccc1NC(=O)Cc1nc(CN(C)CC(=O)Nc2c(C)cccc2C)cs1. The first kappa shape index (κ1) is 22.7. The van der Waals surface area contributed by atoms with E-state index in [-0.39, 0.29) is 24.8 Å². The number of likely N-dealkylation sites (N-methyl/N-ethyl adjacent to an activating group) is 1. The summed E-state index contributed by atoms with van der Waals surface area (Å²) < 4.78 is 0. The van der Waals surface area contributed by atoms with Gasteiger partial charge >= 0.3 is 0 Å². The van der Waals surface area contributed by atoms with Gasteiger partial charge in [0.25, 0.3) is 0 Å². The van der Waals surface area contributed by atoms with Crippen LogP contribution in [0.25, 0.3) is 0 Å². The van der Waals surface area contributed by atoms with Crippen molar-refractivity contribution in [1.29, 1.82) is 0 Å². The molecule has 6 nitrogen and oxygen atoms in total. The lowest BCUT2D eigenvalue weighted by atomic mass is 10.1. The number of aromatic nitrogens is 1. The lowest BCUT2D eigenvalue weighted by Gasteiger charge is -2.16. The van der Waals surface area contributed by atoms with Crippen molar-refractivity contribution in [2.24, 2.45) is 0 Å². The highest BCUT2D eigenvalue weighted by Gasteiger charge is 2.13. The number of hydrogen-bond acceptors (Lipinski definition) is 5. The van der Waals surface area contributed by atoms with Crippen molar-refractivity contribution in [1.82, 2.24) is 9.88 Å². The Labute approximate surface area is 187 Å². The molecule has 0 aliphatic heterocycles. The number of nitrogens with one attached hydrogen (secondary N) is 2. The Kier molecular flexibility index (Phi) is 7.55. The highest BCUT2D eigenvalue weighted by molar-refractivity contribution is 7.09. The normalized spacial score (nSPS) is 10.9. The standard InChI is InChI=1S/C24H28N4O2S/c1-16-8-5-6-11-20(16)26-21(29)12-23-25-19(15-31-23)13-28(4)14-22(30)27-24-17(2)9-7-10-18(24)3/h5-11,15H,12-14H2,1-4H3,(H,26,29)(H,27,30). The number of thiazole rings is 1. The van der Waals surface area contributed by atoms with Gasteiger partial charge in [-0.3, -0.25) is 14.5 Å². The molecule has 0 saturated heterocycles. The summed E-state index contributed by atoms with van der Waals surface area (Å²) in [5.74, 6) is -0.149. The lowest BCUT2D eigenvalue weighted by Crippen LogP contribution is -2.30. The van der Waals surface area contributed by atoms with Crippen LogP contribution >= 0.6 is 11.3 Å². The molecule has 0 radical (unpaired) electrons. The number of carbonyl (C=O) groups excluding carboxylic acids is 2. The molecule has 0 atom stereocenters. The van der Waals surface area contributed by atoms with Crippen molar-refractivity contribution in [2.75, 3.05) is 24.2 Å². The van der Waals surface area contributed by atoms with Crippen LogP contribution in [0.15, 0.2) is 47.8 Å². The molecule has 7 heteroatoms. The fourth-order valence-corrected chi connectivity index (χ4v) is 4.10. The molecule has 2 N–H and O–H groups in total. The number of benzene rings is 2. The van der Waals surface area contributed by atoms with Crippen molar-refractivity contribution in [3.8, 4) is 0 Å². The number of rotatable bonds is 8. The van der Waals surface area contributed by atoms with E-state index in [1.165, 1.54) is 11.3 Å². The predicted octanol–water partition coefficient (Wildman–Crippen LogP) is 4.32. The molecule has 0 spiro atoms. The van der Waals surface area contributed by atoms with E-state index in [2.05, 4.69) is 15.6 Å². The van der Waals surface area contributed by atoms with Crippen LogP contribution in [-0.4, -0.2) is 35.3 Å². The molecule has 0 unspecified atom stereocenters. The molecule has 2 aromatic carbocycles. The van der Waals surface area contributed by atoms with Crippen molar-refractivity contribution < 1.29 is 9.59 Å². The molecule has 2 amide bonds. The third-order valence-corrected chi connectivity index (χ3v) is 5.82. The van der Waals surface area contributed by atoms with E-state index in [0.717, 1.165) is 38.8 Å². The number of aryl methyl sites for hydroxylation is 3. The second-order valence-corrected chi connectivity index (χ2v) is 8.70. The van der Waals surface area contributed by atoms with Crippen LogP contribution in [0.1, 0.15) is 27.4 Å². The topological polar surface area (TPSA) is 74.3 Å². The summed E-state index contributed by atoms with van der Waals surface area (Å²) in [5.41, 5.74) is 5.66. The minimum atomic E-state index is -0.0865. The molecule has 0 bridgehead atoms. The number of para-hydroxylation sites is 2. The van der Waals surface area contributed by atoms with Gasteiger partial charge in [-0.25, -0.2) is 4.98 Å². The van der Waals surface area contributed by atoms with Crippen LogP contribution in [0.4, 0.5) is 11.4 Å². The molecular formula is C24H28N4O2S. The third-order valence-electron chi connectivity index (χ3n) is 4.92. The van der Waals surface area contributed by atoms with Gasteiger partial charge < -0.3 is 10.6 Å². The van der Waals surface area contributed by atoms with Gasteiger partial charge in [0.05, 0.1) is 18.7 Å². The highest BCUT2D eigenvalue weighted by atomic mass is 32.1. The Morgan fingerprint density at radius 1 is 0.935 bits per heavy atom. The molecule has 0 fully saturated rings. The fourth-order valence-electron chi connectivity index (χ4n) is 3.32. The zero-order valence-electron chi connectivity index (χ0n) is 18.4. The van der Waals surface area contributed by atoms with Crippen molar-refractivity contribution in [3.63, 3.8) is 0 Å². The molecule has 1 aromatic heterocycles. The Balaban J connectivity index is 1.50. The summed E-state index contributed by atoms with van der Waals surface area (Å²) in [4.78, 5) is 31.2. The molecule has 162 valence electrons. The molecule has 3 rings (SSSR count). The van der Waals surface area contributed by atoms with Gasteiger partial charge in [0.15, 0.2) is 0 Å². The van der Waals surface area contributed by atoms with Gasteiger partial charge in [0.1, 0.15) is 5.01 Å². The minimum Gasteiger partial charge on any atom is -0.325 e. The van der Waals surface area contributed by atoms with Crippen molar-refractivity contribution in [2.45, 2.75) is 33.7 Å². The first-order valence-electron chi connectivity index (χ1n) is 10.1. The molecule has 0 saturated carbocycles. The van der Waals surface area contributed by atoms with E-state index < -0.39 is 0 Å². The fraction of sp³-hybridized carbons (Fsp3) is 0.292. The number of amides is 2. The average Bonchev–Trinajstić information content (AvgIpc) is 3.13. The quantitative estimate of drug-likeness (QED) is 0.552. The van der Waals surface area contributed by atoms with Crippen molar-refractivity contribution in [3.05, 3.63) is 75.2 Å². The van der Waals surface area contributed by atoms with E-state index >= 15 is 0 Å². The van der Waals surface area contributed by atoms with E-state index in [1.807, 2.05) is 80.6 Å². The van der Waals surface area contributed by atoms with Crippen LogP contribution in [0.5, 0.6) is 0 Å². The molecule has 3 aromatic rings. The molecular weight excluding hydrogens is 408 g/mol.